The van der Waals surface area contributed by atoms with Crippen LogP contribution in [0.15, 0.2) is 0 Å². The van der Waals surface area contributed by atoms with Crippen molar-refractivity contribution in [3.05, 3.63) is 0 Å². The third kappa shape index (κ3) is 28.5. The van der Waals surface area contributed by atoms with Crippen molar-refractivity contribution in [2.75, 3.05) is 60.7 Å². The van der Waals surface area contributed by atoms with E-state index < -0.39 is 19.9 Å². The van der Waals surface area contributed by atoms with Gasteiger partial charge in [0.05, 0.1) is 34.4 Å². The number of phosphoric ester groups is 1. The summed E-state index contributed by atoms with van der Waals surface area (Å²) < 4.78 is 34.4. The lowest BCUT2D eigenvalue weighted by Crippen LogP contribution is -2.37. The van der Waals surface area contributed by atoms with Crippen LogP contribution in [0, 0.1) is 0 Å². The van der Waals surface area contributed by atoms with Crippen molar-refractivity contribution in [2.24, 2.45) is 0 Å². The molecule has 0 aromatic carbocycles. The molecule has 0 aliphatic heterocycles. The molecule has 10 heteroatoms. The third-order valence-electron chi connectivity index (χ3n) is 6.27. The molecule has 0 spiro atoms. The van der Waals surface area contributed by atoms with Crippen LogP contribution in [0.4, 0.5) is 0 Å². The van der Waals surface area contributed by atoms with E-state index in [1.54, 1.807) is 0 Å². The summed E-state index contributed by atoms with van der Waals surface area (Å²) in [5, 5.41) is 8.80. The Morgan fingerprint density at radius 3 is 1.76 bits per heavy atom. The van der Waals surface area contributed by atoms with Crippen molar-refractivity contribution in [3.8, 4) is 0 Å². The zero-order chi connectivity index (χ0) is 28.5. The maximum Gasteiger partial charge on any atom is 0.472 e. The van der Waals surface area contributed by atoms with E-state index in [1.807, 2.05) is 21.1 Å². The SMILES string of the molecule is CCCCCCCCCCCCCCCCOC[C@H](COP(=O)(O)OCC[N+](C)(C)C)OCCCC(=O)O. The molecule has 9 nitrogen and oxygen atoms in total. The van der Waals surface area contributed by atoms with Crippen LogP contribution in [0.1, 0.15) is 110 Å². The Bertz CT molecular complexity index is 600. The van der Waals surface area contributed by atoms with E-state index in [2.05, 4.69) is 6.92 Å². The molecule has 0 fully saturated rings. The van der Waals surface area contributed by atoms with E-state index in [0.29, 0.717) is 24.1 Å². The molecular formula is C28H59NO8P+. The largest absolute Gasteiger partial charge is 0.481 e. The number of phosphoric acid groups is 1. The fraction of sp³-hybridized carbons (Fsp3) is 0.964. The molecule has 38 heavy (non-hydrogen) atoms. The van der Waals surface area contributed by atoms with E-state index in [-0.39, 0.29) is 32.8 Å². The third-order valence-corrected chi connectivity index (χ3v) is 7.26. The number of hydrogen-bond acceptors (Lipinski definition) is 6. The molecule has 228 valence electrons. The van der Waals surface area contributed by atoms with E-state index in [0.717, 1.165) is 12.8 Å². The first-order valence-electron chi connectivity index (χ1n) is 14.9. The number of aliphatic carboxylic acids is 1. The second-order valence-corrected chi connectivity index (χ2v) is 12.7. The fourth-order valence-corrected chi connectivity index (χ4v) is 4.62. The number of hydrogen-bond donors (Lipinski definition) is 2. The zero-order valence-electron chi connectivity index (χ0n) is 24.9. The molecule has 0 rings (SSSR count). The molecule has 0 heterocycles. The van der Waals surface area contributed by atoms with Crippen LogP contribution in [0.25, 0.3) is 0 Å². The maximum absolute atomic E-state index is 12.2. The van der Waals surface area contributed by atoms with Crippen LogP contribution < -0.4 is 0 Å². The minimum absolute atomic E-state index is 0.000138. The summed E-state index contributed by atoms with van der Waals surface area (Å²) in [4.78, 5) is 20.7. The lowest BCUT2D eigenvalue weighted by atomic mass is 10.0. The standard InChI is InChI=1S/C28H58NO8P/c1-5-6-7-8-9-10-11-12-13-14-15-16-17-18-22-34-25-27(35-23-19-20-28(30)31)26-37-38(32,33)36-24-21-29(2,3)4/h27H,5-26H2,1-4H3,(H-,30,31,32,33)/p+1/t27-/m1/s1. The second kappa shape index (κ2) is 24.3. The molecule has 0 saturated heterocycles. The van der Waals surface area contributed by atoms with Gasteiger partial charge < -0.3 is 24.0 Å². The molecule has 0 amide bonds. The molecule has 0 aromatic heterocycles. The number of ether oxygens (including phenoxy) is 2. The lowest BCUT2D eigenvalue weighted by Gasteiger charge is -2.24. The number of nitrogens with zero attached hydrogens (tertiary/aromatic N) is 1. The van der Waals surface area contributed by atoms with E-state index >= 15 is 0 Å². The molecule has 0 saturated carbocycles. The van der Waals surface area contributed by atoms with Gasteiger partial charge in [-0.05, 0) is 12.8 Å². The van der Waals surface area contributed by atoms with Gasteiger partial charge in [0.1, 0.15) is 19.3 Å². The highest BCUT2D eigenvalue weighted by Gasteiger charge is 2.25. The Hall–Kier alpha value is -0.540. The molecule has 0 aliphatic rings. The van der Waals surface area contributed by atoms with Crippen LogP contribution in [0.2, 0.25) is 0 Å². The first-order valence-corrected chi connectivity index (χ1v) is 16.4. The van der Waals surface area contributed by atoms with Gasteiger partial charge >= 0.3 is 13.8 Å². The number of likely N-dealkylation sites (N-methyl/N-ethyl adjacent to an activating group) is 1. The predicted molar refractivity (Wildman–Crippen MR) is 152 cm³/mol. The smallest absolute Gasteiger partial charge is 0.472 e. The summed E-state index contributed by atoms with van der Waals surface area (Å²) in [7, 11) is 1.68. The van der Waals surface area contributed by atoms with Gasteiger partial charge in [-0.25, -0.2) is 4.57 Å². The Morgan fingerprint density at radius 1 is 0.737 bits per heavy atom. The highest BCUT2D eigenvalue weighted by Crippen LogP contribution is 2.43. The van der Waals surface area contributed by atoms with Gasteiger partial charge in [0.2, 0.25) is 0 Å². The first kappa shape index (κ1) is 37.5. The normalized spacial score (nSPS) is 14.4. The van der Waals surface area contributed by atoms with E-state index in [9.17, 15) is 14.3 Å². The van der Waals surface area contributed by atoms with Crippen molar-refractivity contribution in [1.82, 2.24) is 0 Å². The van der Waals surface area contributed by atoms with Gasteiger partial charge in [-0.3, -0.25) is 13.8 Å². The Kier molecular flexibility index (Phi) is 23.9. The van der Waals surface area contributed by atoms with Crippen LogP contribution in [-0.4, -0.2) is 87.3 Å². The number of carbonyl (C=O) groups is 1. The van der Waals surface area contributed by atoms with Gasteiger partial charge in [-0.15, -0.1) is 0 Å². The summed E-state index contributed by atoms with van der Waals surface area (Å²) >= 11 is 0. The van der Waals surface area contributed by atoms with Crippen LogP contribution in [0.3, 0.4) is 0 Å². The van der Waals surface area contributed by atoms with Crippen LogP contribution in [0.5, 0.6) is 0 Å². The minimum atomic E-state index is -4.20. The minimum Gasteiger partial charge on any atom is -0.481 e. The summed E-state index contributed by atoms with van der Waals surface area (Å²) in [5.74, 6) is -0.888. The average Bonchev–Trinajstić information content (AvgIpc) is 2.83. The van der Waals surface area contributed by atoms with E-state index in [1.165, 1.54) is 77.0 Å². The Labute approximate surface area is 232 Å². The zero-order valence-corrected chi connectivity index (χ0v) is 25.8. The average molecular weight is 569 g/mol. The quantitative estimate of drug-likeness (QED) is 0.0592. The van der Waals surface area contributed by atoms with Gasteiger partial charge in [0.25, 0.3) is 0 Å². The predicted octanol–water partition coefficient (Wildman–Crippen LogP) is 6.57. The van der Waals surface area contributed by atoms with Gasteiger partial charge in [0, 0.05) is 19.6 Å². The number of unbranched alkanes of at least 4 members (excludes halogenated alkanes) is 13. The van der Waals surface area contributed by atoms with Crippen molar-refractivity contribution in [3.63, 3.8) is 0 Å². The van der Waals surface area contributed by atoms with Gasteiger partial charge in [-0.1, -0.05) is 90.4 Å². The number of carboxylic acids is 1. The fourth-order valence-electron chi connectivity index (χ4n) is 3.88. The van der Waals surface area contributed by atoms with Crippen molar-refractivity contribution < 1.29 is 42.4 Å². The summed E-state index contributed by atoms with van der Waals surface area (Å²) in [6.45, 7) is 3.76. The second-order valence-electron chi connectivity index (χ2n) is 11.3. The molecule has 0 aliphatic carbocycles. The first-order chi connectivity index (χ1) is 18.1. The topological polar surface area (TPSA) is 112 Å². The molecule has 2 N–H and O–H groups in total. The molecule has 1 unspecified atom stereocenters. The van der Waals surface area contributed by atoms with Gasteiger partial charge in [0.15, 0.2) is 0 Å². The molecule has 0 aromatic rings. The Morgan fingerprint density at radius 2 is 1.26 bits per heavy atom. The lowest BCUT2D eigenvalue weighted by molar-refractivity contribution is -0.870. The number of carboxylic acid groups (broad SMARTS) is 1. The maximum atomic E-state index is 12.2. The Balaban J connectivity index is 3.98. The molecule has 0 radical (unpaired) electrons. The monoisotopic (exact) mass is 568 g/mol. The molecule has 0 bridgehead atoms. The summed E-state index contributed by atoms with van der Waals surface area (Å²) in [5.41, 5.74) is 0. The number of rotatable bonds is 29. The van der Waals surface area contributed by atoms with Gasteiger partial charge in [-0.2, -0.15) is 0 Å². The van der Waals surface area contributed by atoms with Crippen molar-refractivity contribution >= 4 is 13.8 Å². The summed E-state index contributed by atoms with van der Waals surface area (Å²) in [6, 6.07) is 0. The van der Waals surface area contributed by atoms with E-state index in [4.69, 9.17) is 23.6 Å². The van der Waals surface area contributed by atoms with Crippen LogP contribution >= 0.6 is 7.82 Å². The van der Waals surface area contributed by atoms with Crippen molar-refractivity contribution in [1.29, 1.82) is 0 Å². The summed E-state index contributed by atoms with van der Waals surface area (Å²) in [6.07, 6.45) is 17.9. The van der Waals surface area contributed by atoms with Crippen molar-refractivity contribution in [2.45, 2.75) is 116 Å². The molecular weight excluding hydrogens is 509 g/mol. The highest BCUT2D eigenvalue weighted by molar-refractivity contribution is 7.47. The number of quaternary nitrogens is 1. The molecule has 2 atom stereocenters. The highest BCUT2D eigenvalue weighted by atomic mass is 31.2. The van der Waals surface area contributed by atoms with Crippen LogP contribution in [-0.2, 0) is 27.9 Å².